The number of hydrogen-bond acceptors (Lipinski definition) is 20. The number of thiophene rings is 8. The number of hydrogen-bond donors (Lipinski definition) is 2. The van der Waals surface area contributed by atoms with E-state index in [9.17, 15) is 16.8 Å². The number of aryl methyl sites for hydroxylation is 6. The number of thiazole rings is 4. The van der Waals surface area contributed by atoms with E-state index in [1.807, 2.05) is 45.3 Å². The topological polar surface area (TPSA) is 144 Å². The number of nitrogens with zero attached hydrogens (tertiary/aromatic N) is 4. The molecule has 818 valence electrons. The van der Waals surface area contributed by atoms with Crippen molar-refractivity contribution in [1.82, 2.24) is 29.4 Å². The molecule has 0 fully saturated rings. The Morgan fingerprint density at radius 2 is 0.466 bits per heavy atom. The van der Waals surface area contributed by atoms with Crippen molar-refractivity contribution in [2.75, 3.05) is 24.6 Å². The van der Waals surface area contributed by atoms with Crippen LogP contribution in [0.1, 0.15) is 449 Å². The van der Waals surface area contributed by atoms with E-state index in [0.29, 0.717) is 37.8 Å². The molecule has 0 saturated carbocycles. The number of fused-ring (bicyclic) bond motifs is 8. The lowest BCUT2D eigenvalue weighted by Gasteiger charge is -2.35. The number of sulfonamides is 2. The molecule has 0 spiro atoms. The van der Waals surface area contributed by atoms with Crippen LogP contribution in [0.3, 0.4) is 0 Å². The Morgan fingerprint density at radius 1 is 0.243 bits per heavy atom. The number of aromatic nitrogens is 4. The Kier molecular flexibility index (Phi) is 49.9. The second kappa shape index (κ2) is 61.3. The van der Waals surface area contributed by atoms with Crippen molar-refractivity contribution in [2.45, 2.75) is 481 Å². The standard InChI is InChI=1S/C122H184N6O4S14Si2/c1-15-27-35-39-43-45-47-49-51-53-55-59-67-93-77-97(100-80-104-112(138-100)111-103(76-88(14)134-111)147(104,83-89(23-9)63-31-19-5)84-90(24-10)64-32-20-6)135-108(93)116-126-121-122(142-116)127-117(143-121)109-94(68-60-56-54-52-50-48-46-44-40-36-28-16-2)78-98(136-109)101-81-105-113(139-101)114-106(148(105,85-91(25-11)65-33-21-7)86-92(26-12)66-34-22-8)82-102(140-114)99-79-96(70-74-146(131,132)124-72-62-58-42-38-30-18-4)110(137-99)118-128-120-119(144-118)125-115(141-120)107-95(75-87(13)133-107)69-73-145(129,130)123-71-61-57-41-37-29-17-3/h75-82,89-92,123-124H,15-74,83-86H2,1-14H3. The number of unbranched alkanes of at least 4 members (excludes halogenated alkanes) is 36. The van der Waals surface area contributed by atoms with Gasteiger partial charge in [0.15, 0.2) is 19.3 Å². The fourth-order valence-electron chi connectivity index (χ4n) is 23.8. The average molecular weight is 2300 g/mol. The van der Waals surface area contributed by atoms with Crippen LogP contribution in [0.5, 0.6) is 0 Å². The molecule has 14 rings (SSSR count). The predicted molar refractivity (Wildman–Crippen MR) is 675 cm³/mol. The summed E-state index contributed by atoms with van der Waals surface area (Å²) in [5.74, 6) is 2.81. The number of rotatable bonds is 79. The molecule has 4 atom stereocenters. The summed E-state index contributed by atoms with van der Waals surface area (Å²) in [4.78, 5) is 48.4. The van der Waals surface area contributed by atoms with E-state index >= 15 is 0 Å². The highest BCUT2D eigenvalue weighted by atomic mass is 32.2. The van der Waals surface area contributed by atoms with E-state index in [0.717, 1.165) is 123 Å². The highest BCUT2D eigenvalue weighted by Crippen LogP contribution is 2.56. The van der Waals surface area contributed by atoms with Gasteiger partial charge in [0.05, 0.1) is 31.0 Å². The average Bonchev–Trinajstić information content (AvgIpc) is 1.53. The molecule has 2 N–H and O–H groups in total. The lowest BCUT2D eigenvalue weighted by Crippen LogP contribution is -2.56. The van der Waals surface area contributed by atoms with E-state index in [1.165, 1.54) is 389 Å². The smallest absolute Gasteiger partial charge is 0.211 e. The summed E-state index contributed by atoms with van der Waals surface area (Å²) < 4.78 is 61.5. The fourth-order valence-corrected chi connectivity index (χ4v) is 56.1. The molecule has 12 aromatic rings. The molecule has 12 aromatic heterocycles. The first-order chi connectivity index (χ1) is 72.1. The Labute approximate surface area is 946 Å². The molecule has 0 amide bonds. The molecule has 0 radical (unpaired) electrons. The molecular formula is C122H184N6O4S14Si2. The minimum Gasteiger partial charge on any atom is -0.222 e. The molecule has 2 aliphatic heterocycles. The van der Waals surface area contributed by atoms with Crippen molar-refractivity contribution >= 4 is 212 Å². The van der Waals surface area contributed by atoms with Crippen LogP contribution in [0, 0.1) is 37.5 Å². The molecule has 2 aliphatic rings. The molecule has 0 saturated heterocycles. The normalized spacial score (nSPS) is 15.6. The molecule has 26 heteroatoms. The van der Waals surface area contributed by atoms with Gasteiger partial charge in [-0.05, 0) is 205 Å². The quantitative estimate of drug-likeness (QED) is 0.0283. The van der Waals surface area contributed by atoms with Gasteiger partial charge in [0, 0.05) is 71.6 Å². The number of nitrogens with one attached hydrogen (secondary N) is 2. The minimum absolute atomic E-state index is 0.000761. The van der Waals surface area contributed by atoms with Gasteiger partial charge in [-0.15, -0.1) is 90.7 Å². The first-order valence-electron chi connectivity index (χ1n) is 59.6. The van der Waals surface area contributed by atoms with Crippen molar-refractivity contribution in [1.29, 1.82) is 0 Å². The zero-order chi connectivity index (χ0) is 104. The Morgan fingerprint density at radius 3 is 0.757 bits per heavy atom. The van der Waals surface area contributed by atoms with Crippen molar-refractivity contribution in [2.24, 2.45) is 23.7 Å². The summed E-state index contributed by atoms with van der Waals surface area (Å²) in [7, 11) is -11.8. The molecule has 10 nitrogen and oxygen atoms in total. The monoisotopic (exact) mass is 2300 g/mol. The van der Waals surface area contributed by atoms with Crippen molar-refractivity contribution < 1.29 is 16.8 Å². The van der Waals surface area contributed by atoms with E-state index in [2.05, 4.69) is 200 Å². The first kappa shape index (κ1) is 120. The van der Waals surface area contributed by atoms with Gasteiger partial charge in [0.25, 0.3) is 0 Å². The SMILES string of the molecule is CCCCCCCCCCCCCCc1cc(-c2cc3c(s2)-c2sc(C)cc2[Si]3(CC(CC)CCCC)CC(CC)CCCC)sc1-c1nc2sc(-c3sc(-c4cc5c(s4)-c4sc(-c6cc(CCS(=O)(=O)NCCCCCCCC)c(-c7nc8sc(-c9sc(C)cc9CCS(=O)(=O)NCCCCCCCC)nc8s7)s6)cc4[Si]5(CC(CC)CCCC)CC(CC)CCCC)cc3CCCCCCCCCCCCCC)nc2s1. The maximum absolute atomic E-state index is 14.3. The highest BCUT2D eigenvalue weighted by molar-refractivity contribution is 7.89. The summed E-state index contributed by atoms with van der Waals surface area (Å²) in [6, 6.07) is 26.2. The van der Waals surface area contributed by atoms with Crippen LogP contribution in [0.2, 0.25) is 24.2 Å². The van der Waals surface area contributed by atoms with Gasteiger partial charge < -0.3 is 0 Å². The molecule has 0 aliphatic carbocycles. The zero-order valence-electron chi connectivity index (χ0n) is 93.3. The van der Waals surface area contributed by atoms with E-state index in [1.54, 1.807) is 75.8 Å². The van der Waals surface area contributed by atoms with Gasteiger partial charge in [-0.3, -0.25) is 0 Å². The van der Waals surface area contributed by atoms with Gasteiger partial charge in [0.2, 0.25) is 20.0 Å². The van der Waals surface area contributed by atoms with Crippen LogP contribution in [-0.2, 0) is 45.7 Å². The van der Waals surface area contributed by atoms with Gasteiger partial charge in [-0.1, -0.05) is 437 Å². The zero-order valence-corrected chi connectivity index (χ0v) is 107. The second-order valence-electron chi connectivity index (χ2n) is 44.5. The van der Waals surface area contributed by atoms with Gasteiger partial charge in [-0.2, -0.15) is 0 Å². The van der Waals surface area contributed by atoms with Gasteiger partial charge >= 0.3 is 0 Å². The Hall–Kier alpha value is -3.11. The van der Waals surface area contributed by atoms with Crippen LogP contribution in [0.4, 0.5) is 0 Å². The summed E-state index contributed by atoms with van der Waals surface area (Å²) in [6.45, 7) is 34.1. The maximum Gasteiger partial charge on any atom is 0.211 e. The van der Waals surface area contributed by atoms with Crippen LogP contribution >= 0.6 is 136 Å². The van der Waals surface area contributed by atoms with E-state index < -0.39 is 36.2 Å². The van der Waals surface area contributed by atoms with Crippen molar-refractivity contribution in [3.8, 4) is 88.3 Å². The fraction of sp³-hybridized carbons (Fsp3) is 0.672. The maximum atomic E-state index is 14.3. The predicted octanol–water partition coefficient (Wildman–Crippen LogP) is 40.7. The lowest BCUT2D eigenvalue weighted by molar-refractivity contribution is 0.469. The third-order valence-corrected chi connectivity index (χ3v) is 61.6. The summed E-state index contributed by atoms with van der Waals surface area (Å²) in [5, 5.41) is 11.0. The molecule has 0 bridgehead atoms. The molecule has 148 heavy (non-hydrogen) atoms. The molecule has 14 heterocycles. The molecule has 4 unspecified atom stereocenters. The van der Waals surface area contributed by atoms with E-state index in [4.69, 9.17) is 19.9 Å². The molecular weight excluding hydrogens is 2120 g/mol. The Bertz CT molecular complexity index is 6110. The lowest BCUT2D eigenvalue weighted by atomic mass is 10.0. The van der Waals surface area contributed by atoms with E-state index in [-0.39, 0.29) is 11.5 Å². The molecule has 0 aromatic carbocycles. The third-order valence-electron chi connectivity index (χ3n) is 32.6. The van der Waals surface area contributed by atoms with Crippen LogP contribution in [0.25, 0.3) is 108 Å². The third kappa shape index (κ3) is 32.6. The first-order valence-corrected chi connectivity index (χ1v) is 77.6. The van der Waals surface area contributed by atoms with Crippen LogP contribution < -0.4 is 30.2 Å². The van der Waals surface area contributed by atoms with Crippen LogP contribution in [0.15, 0.2) is 48.5 Å². The second-order valence-corrected chi connectivity index (χ2v) is 69.2. The van der Waals surface area contributed by atoms with Crippen molar-refractivity contribution in [3.05, 3.63) is 80.5 Å². The highest BCUT2D eigenvalue weighted by Gasteiger charge is 2.52. The van der Waals surface area contributed by atoms with Gasteiger partial charge in [0.1, 0.15) is 36.2 Å². The summed E-state index contributed by atoms with van der Waals surface area (Å²) in [6.07, 6.45) is 68.7. The Balaban J connectivity index is 0.824. The van der Waals surface area contributed by atoms with Gasteiger partial charge in [-0.25, -0.2) is 46.2 Å². The largest absolute Gasteiger partial charge is 0.222 e. The van der Waals surface area contributed by atoms with Crippen LogP contribution in [-0.4, -0.2) is 77.5 Å². The van der Waals surface area contributed by atoms with Crippen molar-refractivity contribution in [3.63, 3.8) is 0 Å². The summed E-state index contributed by atoms with van der Waals surface area (Å²) >= 11 is 22.9. The summed E-state index contributed by atoms with van der Waals surface area (Å²) in [5.41, 5.74) is 5.00. The minimum atomic E-state index is -3.60.